The van der Waals surface area contributed by atoms with Gasteiger partial charge in [-0.15, -0.1) is 0 Å². The average Bonchev–Trinajstić information content (AvgIpc) is 2.35. The number of nitrogens with two attached hydrogens (primary N) is 1. The Morgan fingerprint density at radius 1 is 1.56 bits per heavy atom. The van der Waals surface area contributed by atoms with E-state index in [1.54, 1.807) is 0 Å². The van der Waals surface area contributed by atoms with Gasteiger partial charge in [0.05, 0.1) is 19.3 Å². The summed E-state index contributed by atoms with van der Waals surface area (Å²) >= 11 is 0. The highest BCUT2D eigenvalue weighted by atomic mass is 16.5. The topological polar surface area (TPSA) is 74.3 Å². The van der Waals surface area contributed by atoms with Crippen molar-refractivity contribution in [2.75, 3.05) is 46.4 Å². The summed E-state index contributed by atoms with van der Waals surface area (Å²) in [6.45, 7) is 7.44. The zero-order valence-corrected chi connectivity index (χ0v) is 10.1. The highest BCUT2D eigenvalue weighted by Gasteiger charge is 2.16. The van der Waals surface area contributed by atoms with E-state index >= 15 is 0 Å². The van der Waals surface area contributed by atoms with Gasteiger partial charge >= 0.3 is 0 Å². The highest BCUT2D eigenvalue weighted by molar-refractivity contribution is 5.84. The van der Waals surface area contributed by atoms with Crippen LogP contribution in [0.25, 0.3) is 0 Å². The molecule has 0 saturated carbocycles. The largest absolute Gasteiger partial charge is 0.409 e. The molecule has 0 radical (unpaired) electrons. The van der Waals surface area contributed by atoms with Gasteiger partial charge in [-0.3, -0.25) is 9.80 Å². The molecule has 0 aromatic rings. The lowest BCUT2D eigenvalue weighted by Crippen LogP contribution is -2.46. The number of likely N-dealkylation sites (N-methyl/N-ethyl adjacent to an activating group) is 1. The number of hydrogen-bond acceptors (Lipinski definition) is 5. The van der Waals surface area contributed by atoms with E-state index in [4.69, 9.17) is 15.7 Å². The van der Waals surface area contributed by atoms with Crippen LogP contribution in [0.5, 0.6) is 0 Å². The zero-order chi connectivity index (χ0) is 12.0. The smallest absolute Gasteiger partial charge is 0.156 e. The summed E-state index contributed by atoms with van der Waals surface area (Å²) in [4.78, 5) is 4.43. The number of hydrogen-bond donors (Lipinski definition) is 2. The molecule has 0 aliphatic carbocycles. The summed E-state index contributed by atoms with van der Waals surface area (Å²) in [5.74, 6) is 0.254. The number of nitrogens with zero attached hydrogens (tertiary/aromatic N) is 3. The Balaban J connectivity index is 2.25. The minimum atomic E-state index is -0.0361. The van der Waals surface area contributed by atoms with E-state index in [1.807, 2.05) is 14.0 Å². The monoisotopic (exact) mass is 230 g/mol. The minimum Gasteiger partial charge on any atom is -0.409 e. The summed E-state index contributed by atoms with van der Waals surface area (Å²) in [6, 6.07) is -0.0361. The molecule has 0 spiro atoms. The molecule has 1 fully saturated rings. The molecule has 1 saturated heterocycles. The molecule has 94 valence electrons. The van der Waals surface area contributed by atoms with Crippen LogP contribution in [0, 0.1) is 0 Å². The van der Waals surface area contributed by atoms with E-state index in [0.29, 0.717) is 0 Å². The number of morpholine rings is 1. The number of oxime groups is 1. The van der Waals surface area contributed by atoms with Crippen molar-refractivity contribution in [3.05, 3.63) is 0 Å². The predicted molar refractivity (Wildman–Crippen MR) is 62.8 cm³/mol. The standard InChI is InChI=1S/C10H22N4O2/c1-9(10(11)12-15)13(2)3-4-14-5-7-16-8-6-14/h9,15H,3-8H2,1-2H3,(H2,11,12). The SMILES string of the molecule is CC(C(N)=NO)N(C)CCN1CCOCC1. The van der Waals surface area contributed by atoms with Crippen molar-refractivity contribution in [2.45, 2.75) is 13.0 Å². The Morgan fingerprint density at radius 3 is 2.75 bits per heavy atom. The van der Waals surface area contributed by atoms with E-state index in [0.717, 1.165) is 39.4 Å². The van der Waals surface area contributed by atoms with Gasteiger partial charge in [-0.25, -0.2) is 0 Å². The number of ether oxygens (including phenoxy) is 1. The van der Waals surface area contributed by atoms with E-state index in [9.17, 15) is 0 Å². The molecule has 6 nitrogen and oxygen atoms in total. The van der Waals surface area contributed by atoms with Crippen LogP contribution in [0.15, 0.2) is 5.16 Å². The fraction of sp³-hybridized carbons (Fsp3) is 0.900. The van der Waals surface area contributed by atoms with Crippen LogP contribution >= 0.6 is 0 Å². The first-order valence-corrected chi connectivity index (χ1v) is 5.63. The zero-order valence-electron chi connectivity index (χ0n) is 10.1. The maximum absolute atomic E-state index is 8.58. The third-order valence-electron chi connectivity index (χ3n) is 3.08. The molecule has 1 aliphatic rings. The summed E-state index contributed by atoms with van der Waals surface area (Å²) in [7, 11) is 1.98. The van der Waals surface area contributed by atoms with Crippen LogP contribution in [0.3, 0.4) is 0 Å². The van der Waals surface area contributed by atoms with Gasteiger partial charge in [0.2, 0.25) is 0 Å². The molecule has 0 bridgehead atoms. The van der Waals surface area contributed by atoms with Gasteiger partial charge in [-0.1, -0.05) is 5.16 Å². The summed E-state index contributed by atoms with van der Waals surface area (Å²) in [5.41, 5.74) is 5.55. The van der Waals surface area contributed by atoms with Gasteiger partial charge in [-0.2, -0.15) is 0 Å². The number of rotatable bonds is 5. The van der Waals surface area contributed by atoms with E-state index in [2.05, 4.69) is 15.0 Å². The van der Waals surface area contributed by atoms with Gasteiger partial charge < -0.3 is 15.7 Å². The molecule has 1 aliphatic heterocycles. The maximum Gasteiger partial charge on any atom is 0.156 e. The van der Waals surface area contributed by atoms with Crippen LogP contribution in [0.2, 0.25) is 0 Å². The molecule has 1 heterocycles. The Bertz CT molecular complexity index is 229. The van der Waals surface area contributed by atoms with Crippen molar-refractivity contribution in [1.82, 2.24) is 9.80 Å². The lowest BCUT2D eigenvalue weighted by atomic mass is 10.2. The quantitative estimate of drug-likeness (QED) is 0.285. The van der Waals surface area contributed by atoms with Crippen LogP contribution in [0.1, 0.15) is 6.92 Å². The van der Waals surface area contributed by atoms with Crippen LogP contribution < -0.4 is 5.73 Å². The van der Waals surface area contributed by atoms with E-state index in [1.165, 1.54) is 0 Å². The highest BCUT2D eigenvalue weighted by Crippen LogP contribution is 1.99. The second-order valence-corrected chi connectivity index (χ2v) is 4.14. The molecule has 0 aromatic heterocycles. The van der Waals surface area contributed by atoms with E-state index in [-0.39, 0.29) is 11.9 Å². The summed E-state index contributed by atoms with van der Waals surface area (Å²) in [6.07, 6.45) is 0. The third-order valence-corrected chi connectivity index (χ3v) is 3.08. The molecule has 1 unspecified atom stereocenters. The molecular formula is C10H22N4O2. The maximum atomic E-state index is 8.58. The normalized spacial score (nSPS) is 21.3. The van der Waals surface area contributed by atoms with Crippen molar-refractivity contribution in [3.8, 4) is 0 Å². The molecule has 1 atom stereocenters. The molecule has 16 heavy (non-hydrogen) atoms. The first-order chi connectivity index (χ1) is 7.65. The predicted octanol–water partition coefficient (Wildman–Crippen LogP) is -0.615. The van der Waals surface area contributed by atoms with Gasteiger partial charge in [-0.05, 0) is 14.0 Å². The van der Waals surface area contributed by atoms with Crippen molar-refractivity contribution in [3.63, 3.8) is 0 Å². The summed E-state index contributed by atoms with van der Waals surface area (Å²) in [5, 5.41) is 11.6. The fourth-order valence-corrected chi connectivity index (χ4v) is 1.63. The van der Waals surface area contributed by atoms with Crippen molar-refractivity contribution in [1.29, 1.82) is 0 Å². The van der Waals surface area contributed by atoms with Crippen LogP contribution in [0.4, 0.5) is 0 Å². The average molecular weight is 230 g/mol. The van der Waals surface area contributed by atoms with Crippen LogP contribution in [-0.2, 0) is 4.74 Å². The van der Waals surface area contributed by atoms with Crippen molar-refractivity contribution >= 4 is 5.84 Å². The Morgan fingerprint density at radius 2 is 2.19 bits per heavy atom. The molecule has 1 rings (SSSR count). The van der Waals surface area contributed by atoms with E-state index < -0.39 is 0 Å². The second kappa shape index (κ2) is 6.67. The third kappa shape index (κ3) is 3.96. The molecule has 0 amide bonds. The molecule has 3 N–H and O–H groups in total. The first kappa shape index (κ1) is 13.2. The van der Waals surface area contributed by atoms with Gasteiger partial charge in [0.15, 0.2) is 5.84 Å². The van der Waals surface area contributed by atoms with Gasteiger partial charge in [0, 0.05) is 26.2 Å². The minimum absolute atomic E-state index is 0.0361. The Hall–Kier alpha value is -0.850. The summed E-state index contributed by atoms with van der Waals surface area (Å²) < 4.78 is 5.28. The van der Waals surface area contributed by atoms with Gasteiger partial charge in [0.25, 0.3) is 0 Å². The number of amidine groups is 1. The lowest BCUT2D eigenvalue weighted by molar-refractivity contribution is 0.0339. The molecule has 6 heteroatoms. The second-order valence-electron chi connectivity index (χ2n) is 4.14. The van der Waals surface area contributed by atoms with Crippen molar-refractivity contribution < 1.29 is 9.94 Å². The fourth-order valence-electron chi connectivity index (χ4n) is 1.63. The van der Waals surface area contributed by atoms with Gasteiger partial charge in [0.1, 0.15) is 0 Å². The van der Waals surface area contributed by atoms with Crippen molar-refractivity contribution in [2.24, 2.45) is 10.9 Å². The lowest BCUT2D eigenvalue weighted by Gasteiger charge is -2.30. The first-order valence-electron chi connectivity index (χ1n) is 5.63. The molecule has 0 aromatic carbocycles. The molecular weight excluding hydrogens is 208 g/mol. The Labute approximate surface area is 96.6 Å². The Kier molecular flexibility index (Phi) is 5.51. The van der Waals surface area contributed by atoms with Crippen LogP contribution in [-0.4, -0.2) is 73.3 Å².